The minimum Gasteiger partial charge on any atom is -0.220 e. The maximum atomic E-state index is 4.39. The number of benzene rings is 1. The van der Waals surface area contributed by atoms with Gasteiger partial charge in [-0.1, -0.05) is 43.8 Å². The van der Waals surface area contributed by atoms with Crippen LogP contribution in [0.5, 0.6) is 0 Å². The molecule has 3 nitrogen and oxygen atoms in total. The Morgan fingerprint density at radius 1 is 1.20 bits per heavy atom. The van der Waals surface area contributed by atoms with E-state index in [0.29, 0.717) is 5.25 Å². The molecule has 78 valence electrons. The van der Waals surface area contributed by atoms with E-state index < -0.39 is 0 Å². The van der Waals surface area contributed by atoms with Gasteiger partial charge in [0, 0.05) is 5.25 Å². The molecule has 0 bridgehead atoms. The fourth-order valence-electron chi connectivity index (χ4n) is 1.22. The van der Waals surface area contributed by atoms with Gasteiger partial charge < -0.3 is 0 Å². The summed E-state index contributed by atoms with van der Waals surface area (Å²) in [6.45, 7) is 4.27. The summed E-state index contributed by atoms with van der Waals surface area (Å²) in [4.78, 5) is 4.25. The zero-order valence-corrected chi connectivity index (χ0v) is 9.61. The van der Waals surface area contributed by atoms with Crippen molar-refractivity contribution in [2.45, 2.75) is 24.3 Å². The van der Waals surface area contributed by atoms with Crippen molar-refractivity contribution in [3.05, 3.63) is 36.7 Å². The summed E-state index contributed by atoms with van der Waals surface area (Å²) in [7, 11) is 0. The average Bonchev–Trinajstić information content (AvgIpc) is 2.67. The zero-order chi connectivity index (χ0) is 10.7. The molecule has 0 N–H and O–H groups in total. The zero-order valence-electron chi connectivity index (χ0n) is 8.79. The van der Waals surface area contributed by atoms with E-state index in [2.05, 4.69) is 23.9 Å². The number of hydrogen-bond acceptors (Lipinski definition) is 3. The minimum atomic E-state index is 0.511. The van der Waals surface area contributed by atoms with Gasteiger partial charge in [-0.05, 0) is 12.1 Å². The van der Waals surface area contributed by atoms with Crippen molar-refractivity contribution in [3.63, 3.8) is 0 Å². The molecule has 0 aliphatic heterocycles. The van der Waals surface area contributed by atoms with Crippen LogP contribution in [0.15, 0.2) is 41.8 Å². The molecule has 4 heteroatoms. The maximum Gasteiger partial charge on any atom is 0.209 e. The van der Waals surface area contributed by atoms with Gasteiger partial charge in [0.1, 0.15) is 6.33 Å². The van der Waals surface area contributed by atoms with Crippen LogP contribution >= 0.6 is 11.8 Å². The van der Waals surface area contributed by atoms with Crippen molar-refractivity contribution in [2.24, 2.45) is 0 Å². The lowest BCUT2D eigenvalue weighted by Gasteiger charge is -1.99. The first-order chi connectivity index (χ1) is 7.25. The van der Waals surface area contributed by atoms with Crippen molar-refractivity contribution < 1.29 is 0 Å². The number of nitrogens with zero attached hydrogens (tertiary/aromatic N) is 3. The molecule has 0 fully saturated rings. The van der Waals surface area contributed by atoms with Crippen LogP contribution in [0, 0.1) is 0 Å². The highest BCUT2D eigenvalue weighted by atomic mass is 32.2. The van der Waals surface area contributed by atoms with Gasteiger partial charge in [0.25, 0.3) is 0 Å². The van der Waals surface area contributed by atoms with E-state index in [4.69, 9.17) is 0 Å². The first-order valence-electron chi connectivity index (χ1n) is 4.89. The van der Waals surface area contributed by atoms with Crippen molar-refractivity contribution in [3.8, 4) is 5.69 Å². The van der Waals surface area contributed by atoms with E-state index >= 15 is 0 Å². The fraction of sp³-hybridized carbons (Fsp3) is 0.273. The predicted molar refractivity (Wildman–Crippen MR) is 62.4 cm³/mol. The van der Waals surface area contributed by atoms with Crippen LogP contribution in [-0.4, -0.2) is 20.0 Å². The Kier molecular flexibility index (Phi) is 3.06. The van der Waals surface area contributed by atoms with Crippen molar-refractivity contribution >= 4 is 11.8 Å². The Hall–Kier alpha value is -1.29. The summed E-state index contributed by atoms with van der Waals surface area (Å²) in [5.74, 6) is 0. The lowest BCUT2D eigenvalue weighted by atomic mass is 10.3. The van der Waals surface area contributed by atoms with E-state index in [-0.39, 0.29) is 0 Å². The van der Waals surface area contributed by atoms with Crippen molar-refractivity contribution in [2.75, 3.05) is 0 Å². The van der Waals surface area contributed by atoms with Gasteiger partial charge in [0.2, 0.25) is 5.16 Å². The SMILES string of the molecule is CC(C)Sc1ncn(-c2ccccc2)n1. The van der Waals surface area contributed by atoms with Crippen LogP contribution in [0.2, 0.25) is 0 Å². The predicted octanol–water partition coefficient (Wildman–Crippen LogP) is 2.77. The number of para-hydroxylation sites is 1. The average molecular weight is 219 g/mol. The Bertz CT molecular complexity index is 422. The van der Waals surface area contributed by atoms with E-state index in [1.54, 1.807) is 22.8 Å². The first kappa shape index (κ1) is 10.2. The molecule has 0 spiro atoms. The topological polar surface area (TPSA) is 30.7 Å². The summed E-state index contributed by atoms with van der Waals surface area (Å²) < 4.78 is 1.80. The molecule has 0 radical (unpaired) electrons. The largest absolute Gasteiger partial charge is 0.220 e. The molecule has 0 atom stereocenters. The molecule has 0 amide bonds. The van der Waals surface area contributed by atoms with Gasteiger partial charge in [-0.15, -0.1) is 5.10 Å². The van der Waals surface area contributed by atoms with Gasteiger partial charge in [0.15, 0.2) is 0 Å². The highest BCUT2D eigenvalue weighted by molar-refractivity contribution is 7.99. The molecule has 0 saturated carbocycles. The fourth-order valence-corrected chi connectivity index (χ4v) is 1.88. The third-order valence-corrected chi connectivity index (χ3v) is 2.70. The number of hydrogen-bond donors (Lipinski definition) is 0. The molecule has 0 saturated heterocycles. The minimum absolute atomic E-state index is 0.511. The van der Waals surface area contributed by atoms with Crippen molar-refractivity contribution in [1.29, 1.82) is 0 Å². The second-order valence-electron chi connectivity index (χ2n) is 3.47. The Morgan fingerprint density at radius 3 is 2.60 bits per heavy atom. The van der Waals surface area contributed by atoms with Crippen LogP contribution in [0.1, 0.15) is 13.8 Å². The normalized spacial score (nSPS) is 10.9. The van der Waals surface area contributed by atoms with Crippen molar-refractivity contribution in [1.82, 2.24) is 14.8 Å². The van der Waals surface area contributed by atoms with Crippen LogP contribution in [0.25, 0.3) is 5.69 Å². The molecule has 1 aromatic carbocycles. The molecular weight excluding hydrogens is 206 g/mol. The smallest absolute Gasteiger partial charge is 0.209 e. The molecule has 2 aromatic rings. The molecule has 1 heterocycles. The van der Waals surface area contributed by atoms with Crippen LogP contribution < -0.4 is 0 Å². The Morgan fingerprint density at radius 2 is 1.93 bits per heavy atom. The van der Waals surface area contributed by atoms with Gasteiger partial charge in [0.05, 0.1) is 5.69 Å². The monoisotopic (exact) mass is 219 g/mol. The lowest BCUT2D eigenvalue weighted by molar-refractivity contribution is 0.832. The molecule has 0 aliphatic rings. The lowest BCUT2D eigenvalue weighted by Crippen LogP contribution is -1.94. The summed E-state index contributed by atoms with van der Waals surface area (Å²) in [6, 6.07) is 10.00. The number of rotatable bonds is 3. The van der Waals surface area contributed by atoms with Gasteiger partial charge >= 0.3 is 0 Å². The molecule has 0 unspecified atom stereocenters. The van der Waals surface area contributed by atoms with E-state index in [1.165, 1.54) is 0 Å². The summed E-state index contributed by atoms with van der Waals surface area (Å²) >= 11 is 1.67. The number of thioether (sulfide) groups is 1. The molecular formula is C11H13N3S. The van der Waals surface area contributed by atoms with Crippen LogP contribution in [-0.2, 0) is 0 Å². The number of aromatic nitrogens is 3. The third kappa shape index (κ3) is 2.59. The second-order valence-corrected chi connectivity index (χ2v) is 5.02. The van der Waals surface area contributed by atoms with E-state index in [9.17, 15) is 0 Å². The maximum absolute atomic E-state index is 4.39. The molecule has 1 aromatic heterocycles. The summed E-state index contributed by atoms with van der Waals surface area (Å²) in [6.07, 6.45) is 1.75. The Balaban J connectivity index is 2.21. The highest BCUT2D eigenvalue weighted by Gasteiger charge is 2.04. The highest BCUT2D eigenvalue weighted by Crippen LogP contribution is 2.18. The van der Waals surface area contributed by atoms with Crippen LogP contribution in [0.4, 0.5) is 0 Å². The van der Waals surface area contributed by atoms with Gasteiger partial charge in [-0.3, -0.25) is 0 Å². The van der Waals surface area contributed by atoms with Gasteiger partial charge in [-0.25, -0.2) is 9.67 Å². The standard InChI is InChI=1S/C11H13N3S/c1-9(2)15-11-12-8-14(13-11)10-6-4-3-5-7-10/h3-9H,1-2H3. The molecule has 0 aliphatic carbocycles. The molecule has 2 rings (SSSR count). The summed E-state index contributed by atoms with van der Waals surface area (Å²) in [5.41, 5.74) is 1.04. The Labute approximate surface area is 93.5 Å². The van der Waals surface area contributed by atoms with Gasteiger partial charge in [-0.2, -0.15) is 0 Å². The van der Waals surface area contributed by atoms with E-state index in [1.807, 2.05) is 30.3 Å². The van der Waals surface area contributed by atoms with E-state index in [0.717, 1.165) is 10.8 Å². The second kappa shape index (κ2) is 4.49. The summed E-state index contributed by atoms with van der Waals surface area (Å²) in [5, 5.41) is 5.73. The van der Waals surface area contributed by atoms with Crippen LogP contribution in [0.3, 0.4) is 0 Å². The molecule has 15 heavy (non-hydrogen) atoms. The first-order valence-corrected chi connectivity index (χ1v) is 5.77. The quantitative estimate of drug-likeness (QED) is 0.744. The third-order valence-electron chi connectivity index (χ3n) is 1.83.